The fourth-order valence-electron chi connectivity index (χ4n) is 3.66. The van der Waals surface area contributed by atoms with Crippen LogP contribution in [0.4, 0.5) is 5.69 Å². The number of amides is 1. The molecule has 0 atom stereocenters. The molecule has 1 aliphatic carbocycles. The Morgan fingerprint density at radius 2 is 2.00 bits per heavy atom. The lowest BCUT2D eigenvalue weighted by Crippen LogP contribution is -2.42. The predicted molar refractivity (Wildman–Crippen MR) is 111 cm³/mol. The van der Waals surface area contributed by atoms with E-state index in [4.69, 9.17) is 0 Å². The van der Waals surface area contributed by atoms with Gasteiger partial charge >= 0.3 is 0 Å². The minimum atomic E-state index is -0.0543. The number of carbonyl (C=O) groups is 1. The summed E-state index contributed by atoms with van der Waals surface area (Å²) in [6.07, 6.45) is 10.8. The minimum absolute atomic E-state index is 0.0543. The summed E-state index contributed by atoms with van der Waals surface area (Å²) in [5, 5.41) is 1.97. The van der Waals surface area contributed by atoms with Crippen molar-refractivity contribution in [2.75, 3.05) is 11.6 Å². The third-order valence-corrected chi connectivity index (χ3v) is 4.91. The maximum atomic E-state index is 11.8. The number of hydrogen-bond donors (Lipinski definition) is 1. The number of benzene rings is 1. The lowest BCUT2D eigenvalue weighted by Gasteiger charge is -2.28. The van der Waals surface area contributed by atoms with E-state index in [1.165, 1.54) is 29.5 Å². The Hall–Kier alpha value is -2.62. The van der Waals surface area contributed by atoms with E-state index < -0.39 is 0 Å². The molecule has 1 aromatic carbocycles. The van der Waals surface area contributed by atoms with Crippen LogP contribution in [0.2, 0.25) is 0 Å². The highest BCUT2D eigenvalue weighted by Gasteiger charge is 2.15. The minimum Gasteiger partial charge on any atom is -0.281 e. The third kappa shape index (κ3) is 5.43. The molecule has 1 aliphatic rings. The molecule has 1 N–H and O–H groups in total. The first-order chi connectivity index (χ1) is 13.2. The average Bonchev–Trinajstić information content (AvgIpc) is 2.68. The number of anilines is 1. The predicted octanol–water partition coefficient (Wildman–Crippen LogP) is 4.70. The van der Waals surface area contributed by atoms with Gasteiger partial charge in [0.25, 0.3) is 0 Å². The smallest absolute Gasteiger partial charge is 0.235 e. The Kier molecular flexibility index (Phi) is 6.64. The summed E-state index contributed by atoms with van der Waals surface area (Å²) in [7, 11) is 0. The SMILES string of the molecule is CCCC(=Cc1ccccn1)CN(NC(C)=O)c1ccc2c(c1)CCCC2. The monoisotopic (exact) mass is 363 g/mol. The van der Waals surface area contributed by atoms with Gasteiger partial charge < -0.3 is 0 Å². The second-order valence-corrected chi connectivity index (χ2v) is 7.22. The van der Waals surface area contributed by atoms with Gasteiger partial charge in [0.2, 0.25) is 5.91 Å². The normalized spacial score (nSPS) is 13.8. The van der Waals surface area contributed by atoms with Crippen LogP contribution in [0.5, 0.6) is 0 Å². The number of hydrazine groups is 1. The molecule has 4 heteroatoms. The maximum absolute atomic E-state index is 11.8. The van der Waals surface area contributed by atoms with Gasteiger partial charge in [-0.05, 0) is 79.1 Å². The number of nitrogens with one attached hydrogen (secondary N) is 1. The molecule has 4 nitrogen and oxygen atoms in total. The molecule has 142 valence electrons. The van der Waals surface area contributed by atoms with E-state index in [2.05, 4.69) is 41.6 Å². The standard InChI is InChI=1S/C23H29N3O/c1-3-8-19(15-22-11-6-7-14-24-22)17-26(25-18(2)27)23-13-12-20-9-4-5-10-21(20)16-23/h6-7,11-16H,3-5,8-10,17H2,1-2H3,(H,25,27). The summed E-state index contributed by atoms with van der Waals surface area (Å²) in [5.41, 5.74) is 9.13. The van der Waals surface area contributed by atoms with Crippen molar-refractivity contribution in [3.63, 3.8) is 0 Å². The molecule has 0 spiro atoms. The van der Waals surface area contributed by atoms with Crippen molar-refractivity contribution in [3.05, 3.63) is 65.0 Å². The van der Waals surface area contributed by atoms with Crippen LogP contribution in [-0.2, 0) is 17.6 Å². The summed E-state index contributed by atoms with van der Waals surface area (Å²) in [6.45, 7) is 4.39. The lowest BCUT2D eigenvalue weighted by atomic mass is 9.91. The van der Waals surface area contributed by atoms with Crippen molar-refractivity contribution in [1.29, 1.82) is 0 Å². The van der Waals surface area contributed by atoms with Crippen LogP contribution in [0.15, 0.2) is 48.2 Å². The molecule has 0 fully saturated rings. The molecule has 1 heterocycles. The largest absolute Gasteiger partial charge is 0.281 e. The lowest BCUT2D eigenvalue weighted by molar-refractivity contribution is -0.119. The number of aryl methyl sites for hydroxylation is 2. The van der Waals surface area contributed by atoms with Crippen LogP contribution in [-0.4, -0.2) is 17.4 Å². The zero-order valence-electron chi connectivity index (χ0n) is 16.4. The molecule has 0 saturated heterocycles. The fraction of sp³-hybridized carbons (Fsp3) is 0.391. The molecule has 2 aromatic rings. The molecule has 1 amide bonds. The highest BCUT2D eigenvalue weighted by atomic mass is 16.2. The zero-order chi connectivity index (χ0) is 19.1. The van der Waals surface area contributed by atoms with E-state index in [9.17, 15) is 4.79 Å². The van der Waals surface area contributed by atoms with Gasteiger partial charge in [0.15, 0.2) is 0 Å². The zero-order valence-corrected chi connectivity index (χ0v) is 16.4. The molecular weight excluding hydrogens is 334 g/mol. The fourth-order valence-corrected chi connectivity index (χ4v) is 3.66. The molecule has 3 rings (SSSR count). The highest BCUT2D eigenvalue weighted by molar-refractivity contribution is 5.75. The van der Waals surface area contributed by atoms with Gasteiger partial charge in [0.1, 0.15) is 0 Å². The Morgan fingerprint density at radius 1 is 1.19 bits per heavy atom. The van der Waals surface area contributed by atoms with Crippen LogP contribution >= 0.6 is 0 Å². The van der Waals surface area contributed by atoms with E-state index in [-0.39, 0.29) is 5.91 Å². The summed E-state index contributed by atoms with van der Waals surface area (Å²) in [6, 6.07) is 12.5. The summed E-state index contributed by atoms with van der Waals surface area (Å²) in [4.78, 5) is 16.2. The number of fused-ring (bicyclic) bond motifs is 1. The third-order valence-electron chi connectivity index (χ3n) is 4.91. The van der Waals surface area contributed by atoms with Crippen LogP contribution in [0.3, 0.4) is 0 Å². The van der Waals surface area contributed by atoms with Crippen LogP contribution < -0.4 is 10.4 Å². The Morgan fingerprint density at radius 3 is 2.70 bits per heavy atom. The van der Waals surface area contributed by atoms with Crippen LogP contribution in [0.25, 0.3) is 6.08 Å². The van der Waals surface area contributed by atoms with Gasteiger partial charge in [0, 0.05) is 13.1 Å². The number of nitrogens with zero attached hydrogens (tertiary/aromatic N) is 2. The van der Waals surface area contributed by atoms with Crippen molar-refractivity contribution < 1.29 is 4.79 Å². The molecule has 0 unspecified atom stereocenters. The molecule has 0 saturated carbocycles. The number of carbonyl (C=O) groups excluding carboxylic acids is 1. The average molecular weight is 364 g/mol. The van der Waals surface area contributed by atoms with Crippen LogP contribution in [0, 0.1) is 0 Å². The highest BCUT2D eigenvalue weighted by Crippen LogP contribution is 2.26. The van der Waals surface area contributed by atoms with Crippen molar-refractivity contribution in [2.45, 2.75) is 52.4 Å². The van der Waals surface area contributed by atoms with E-state index in [1.807, 2.05) is 29.4 Å². The van der Waals surface area contributed by atoms with Gasteiger partial charge in [-0.25, -0.2) is 0 Å². The van der Waals surface area contributed by atoms with E-state index >= 15 is 0 Å². The molecule has 0 radical (unpaired) electrons. The molecule has 1 aromatic heterocycles. The van der Waals surface area contributed by atoms with Gasteiger partial charge in [-0.3, -0.25) is 20.2 Å². The van der Waals surface area contributed by atoms with Crippen molar-refractivity contribution >= 4 is 17.7 Å². The molecule has 0 bridgehead atoms. The Balaban J connectivity index is 1.87. The van der Waals surface area contributed by atoms with E-state index in [0.717, 1.165) is 37.1 Å². The first-order valence-electron chi connectivity index (χ1n) is 9.92. The van der Waals surface area contributed by atoms with Gasteiger partial charge in [0.05, 0.1) is 17.9 Å². The molecule has 0 aliphatic heterocycles. The quantitative estimate of drug-likeness (QED) is 0.725. The second kappa shape index (κ2) is 9.36. The summed E-state index contributed by atoms with van der Waals surface area (Å²) >= 11 is 0. The molecular formula is C23H29N3O. The second-order valence-electron chi connectivity index (χ2n) is 7.22. The van der Waals surface area contributed by atoms with Crippen molar-refractivity contribution in [2.24, 2.45) is 0 Å². The van der Waals surface area contributed by atoms with Gasteiger partial charge in [-0.15, -0.1) is 0 Å². The number of pyridine rings is 1. The topological polar surface area (TPSA) is 45.2 Å². The Bertz CT molecular complexity index is 799. The van der Waals surface area contributed by atoms with Gasteiger partial charge in [-0.2, -0.15) is 0 Å². The Labute approximate surface area is 162 Å². The van der Waals surface area contributed by atoms with Crippen LogP contribution in [0.1, 0.15) is 56.4 Å². The molecule has 27 heavy (non-hydrogen) atoms. The van der Waals surface area contributed by atoms with Crippen molar-refractivity contribution in [3.8, 4) is 0 Å². The summed E-state index contributed by atoms with van der Waals surface area (Å²) < 4.78 is 0. The number of aromatic nitrogens is 1. The first-order valence-corrected chi connectivity index (χ1v) is 9.92. The number of rotatable bonds is 7. The number of hydrogen-bond acceptors (Lipinski definition) is 3. The maximum Gasteiger partial charge on any atom is 0.235 e. The van der Waals surface area contributed by atoms with E-state index in [0.29, 0.717) is 6.54 Å². The van der Waals surface area contributed by atoms with E-state index in [1.54, 1.807) is 6.92 Å². The summed E-state index contributed by atoms with van der Waals surface area (Å²) in [5.74, 6) is -0.0543. The van der Waals surface area contributed by atoms with Crippen molar-refractivity contribution in [1.82, 2.24) is 10.4 Å². The van der Waals surface area contributed by atoms with Gasteiger partial charge in [-0.1, -0.05) is 25.5 Å². The first kappa shape index (κ1) is 19.2.